The van der Waals surface area contributed by atoms with E-state index in [2.05, 4.69) is 15.3 Å². The lowest BCUT2D eigenvalue weighted by molar-refractivity contribution is -0.136. The molecular formula is C30H33N5O5S2. The highest BCUT2D eigenvalue weighted by atomic mass is 32.2. The first-order valence-electron chi connectivity index (χ1n) is 13.1. The number of thiazole rings is 1. The molecule has 42 heavy (non-hydrogen) atoms. The Balaban J connectivity index is 1.56. The summed E-state index contributed by atoms with van der Waals surface area (Å²) in [5.74, 6) is 1.24. The summed E-state index contributed by atoms with van der Waals surface area (Å²) < 4.78 is 15.9. The van der Waals surface area contributed by atoms with Crippen LogP contribution in [0.25, 0.3) is 11.3 Å². The Morgan fingerprint density at radius 3 is 2.24 bits per heavy atom. The van der Waals surface area contributed by atoms with Crippen molar-refractivity contribution in [3.63, 3.8) is 0 Å². The molecule has 0 aliphatic rings. The van der Waals surface area contributed by atoms with Gasteiger partial charge in [-0.05, 0) is 63.2 Å². The summed E-state index contributed by atoms with van der Waals surface area (Å²) >= 11 is 2.67. The smallest absolute Gasteiger partial charge is 0.247 e. The molecule has 2 aromatic carbocycles. The van der Waals surface area contributed by atoms with Crippen LogP contribution in [0.3, 0.4) is 0 Å². The van der Waals surface area contributed by atoms with Crippen molar-refractivity contribution in [2.45, 2.75) is 38.5 Å². The normalized spacial score (nSPS) is 11.5. The second-order valence-electron chi connectivity index (χ2n) is 9.33. The van der Waals surface area contributed by atoms with Crippen LogP contribution in [0.5, 0.6) is 17.2 Å². The van der Waals surface area contributed by atoms with E-state index in [0.29, 0.717) is 27.4 Å². The van der Waals surface area contributed by atoms with Crippen molar-refractivity contribution in [2.24, 2.45) is 0 Å². The number of amides is 2. The lowest BCUT2D eigenvalue weighted by Gasteiger charge is -2.28. The Bertz CT molecular complexity index is 1520. The number of carbonyl (C=O) groups excluding carboxylic acids is 2. The van der Waals surface area contributed by atoms with E-state index in [-0.39, 0.29) is 24.1 Å². The Morgan fingerprint density at radius 2 is 1.60 bits per heavy atom. The Labute approximate surface area is 253 Å². The van der Waals surface area contributed by atoms with Gasteiger partial charge in [-0.2, -0.15) is 0 Å². The third-order valence-corrected chi connectivity index (χ3v) is 8.03. The van der Waals surface area contributed by atoms with E-state index in [9.17, 15) is 9.59 Å². The van der Waals surface area contributed by atoms with Crippen LogP contribution in [-0.4, -0.2) is 64.8 Å². The number of rotatable bonds is 12. The molecular weight excluding hydrogens is 574 g/mol. The van der Waals surface area contributed by atoms with Crippen molar-refractivity contribution in [3.05, 3.63) is 70.3 Å². The molecule has 2 amide bonds. The highest BCUT2D eigenvalue weighted by Gasteiger charge is 2.28. The molecule has 0 aliphatic heterocycles. The van der Waals surface area contributed by atoms with Gasteiger partial charge in [0.1, 0.15) is 28.3 Å². The molecule has 4 rings (SSSR count). The van der Waals surface area contributed by atoms with E-state index in [1.807, 2.05) is 49.6 Å². The van der Waals surface area contributed by atoms with Gasteiger partial charge in [0, 0.05) is 28.4 Å². The lowest BCUT2D eigenvalue weighted by Crippen LogP contribution is -2.46. The quantitative estimate of drug-likeness (QED) is 0.167. The first-order valence-corrected chi connectivity index (χ1v) is 14.9. The van der Waals surface area contributed by atoms with Gasteiger partial charge < -0.3 is 24.4 Å². The summed E-state index contributed by atoms with van der Waals surface area (Å²) in [6.45, 7) is 5.62. The van der Waals surface area contributed by atoms with Crippen molar-refractivity contribution < 1.29 is 23.8 Å². The van der Waals surface area contributed by atoms with E-state index in [0.717, 1.165) is 28.4 Å². The van der Waals surface area contributed by atoms with Crippen LogP contribution in [0.4, 0.5) is 5.69 Å². The van der Waals surface area contributed by atoms with Crippen LogP contribution in [-0.2, 0) is 16.1 Å². The standard InChI is InChI=1S/C30H33N5O5S2/c1-18-13-19(2)32-30(31-18)42-17-28(36)35(15-27-33-25(16-41-27)21-7-9-22(38-4)10-8-21)20(3)29(37)34-24-12-11-23(39-5)14-26(24)40-6/h7-14,16,20H,15,17H2,1-6H3,(H,34,37). The molecule has 0 saturated heterocycles. The molecule has 2 aromatic heterocycles. The number of carbonyl (C=O) groups is 2. The van der Waals surface area contributed by atoms with Crippen LogP contribution in [0.15, 0.2) is 59.1 Å². The molecule has 1 N–H and O–H groups in total. The van der Waals surface area contributed by atoms with Crippen LogP contribution in [0, 0.1) is 13.8 Å². The molecule has 0 saturated carbocycles. The summed E-state index contributed by atoms with van der Waals surface area (Å²) in [6, 6.07) is 13.8. The minimum atomic E-state index is -0.821. The molecule has 0 fully saturated rings. The number of hydrogen-bond acceptors (Lipinski definition) is 10. The minimum absolute atomic E-state index is 0.0586. The van der Waals surface area contributed by atoms with Gasteiger partial charge in [0.05, 0.1) is 45.0 Å². The highest BCUT2D eigenvalue weighted by molar-refractivity contribution is 7.99. The van der Waals surface area contributed by atoms with Gasteiger partial charge in [0.2, 0.25) is 11.8 Å². The molecule has 12 heteroatoms. The zero-order valence-corrected chi connectivity index (χ0v) is 26.0. The predicted molar refractivity (Wildman–Crippen MR) is 165 cm³/mol. The topological polar surface area (TPSA) is 116 Å². The maximum Gasteiger partial charge on any atom is 0.247 e. The van der Waals surface area contributed by atoms with Crippen LogP contribution >= 0.6 is 23.1 Å². The number of aryl methyl sites for hydroxylation is 2. The number of aromatic nitrogens is 3. The maximum atomic E-state index is 13.6. The first-order chi connectivity index (χ1) is 20.2. The fourth-order valence-electron chi connectivity index (χ4n) is 4.11. The van der Waals surface area contributed by atoms with E-state index in [1.54, 1.807) is 39.3 Å². The number of anilines is 1. The second-order valence-corrected chi connectivity index (χ2v) is 11.2. The average Bonchev–Trinajstić information content (AvgIpc) is 3.46. The van der Waals surface area contributed by atoms with Crippen LogP contribution < -0.4 is 19.5 Å². The molecule has 1 unspecified atom stereocenters. The van der Waals surface area contributed by atoms with Gasteiger partial charge in [-0.1, -0.05) is 11.8 Å². The van der Waals surface area contributed by atoms with Crippen molar-refractivity contribution in [1.82, 2.24) is 19.9 Å². The monoisotopic (exact) mass is 607 g/mol. The number of methoxy groups -OCH3 is 3. The van der Waals surface area contributed by atoms with E-state index < -0.39 is 6.04 Å². The fraction of sp³-hybridized carbons (Fsp3) is 0.300. The Morgan fingerprint density at radius 1 is 0.929 bits per heavy atom. The SMILES string of the molecule is COc1ccc(-c2csc(CN(C(=O)CSc3nc(C)cc(C)n3)C(C)C(=O)Nc3ccc(OC)cc3OC)n2)cc1. The predicted octanol–water partition coefficient (Wildman–Crippen LogP) is 5.39. The van der Waals surface area contributed by atoms with Gasteiger partial charge >= 0.3 is 0 Å². The third kappa shape index (κ3) is 7.77. The van der Waals surface area contributed by atoms with Gasteiger partial charge in [0.15, 0.2) is 5.16 Å². The van der Waals surface area contributed by atoms with Gasteiger partial charge in [-0.3, -0.25) is 9.59 Å². The Hall–Kier alpha value is -4.16. The third-order valence-electron chi connectivity index (χ3n) is 6.36. The molecule has 4 aromatic rings. The minimum Gasteiger partial charge on any atom is -0.497 e. The van der Waals surface area contributed by atoms with E-state index in [4.69, 9.17) is 19.2 Å². The van der Waals surface area contributed by atoms with Crippen LogP contribution in [0.1, 0.15) is 23.3 Å². The summed E-state index contributed by atoms with van der Waals surface area (Å²) in [4.78, 5) is 42.2. The van der Waals surface area contributed by atoms with E-state index >= 15 is 0 Å². The lowest BCUT2D eigenvalue weighted by atomic mass is 10.2. The Kier molecular flexibility index (Phi) is 10.4. The number of nitrogens with zero attached hydrogens (tertiary/aromatic N) is 4. The number of ether oxygens (including phenoxy) is 3. The van der Waals surface area contributed by atoms with Crippen molar-refractivity contribution in [2.75, 3.05) is 32.4 Å². The maximum absolute atomic E-state index is 13.6. The summed E-state index contributed by atoms with van der Waals surface area (Å²) in [7, 11) is 4.69. The molecule has 2 heterocycles. The van der Waals surface area contributed by atoms with Crippen LogP contribution in [0.2, 0.25) is 0 Å². The van der Waals surface area contributed by atoms with Crippen molar-refractivity contribution in [1.29, 1.82) is 0 Å². The molecule has 0 spiro atoms. The molecule has 1 atom stereocenters. The first kappa shape index (κ1) is 30.8. The van der Waals surface area contributed by atoms with Crippen molar-refractivity contribution >= 4 is 40.6 Å². The highest BCUT2D eigenvalue weighted by Crippen LogP contribution is 2.30. The zero-order valence-electron chi connectivity index (χ0n) is 24.3. The molecule has 0 radical (unpaired) electrons. The molecule has 220 valence electrons. The number of thioether (sulfide) groups is 1. The zero-order chi connectivity index (χ0) is 30.2. The second kappa shape index (κ2) is 14.1. The summed E-state index contributed by atoms with van der Waals surface area (Å²) in [5.41, 5.74) is 3.82. The molecule has 10 nitrogen and oxygen atoms in total. The van der Waals surface area contributed by atoms with Gasteiger partial charge in [-0.15, -0.1) is 11.3 Å². The number of nitrogens with one attached hydrogen (secondary N) is 1. The summed E-state index contributed by atoms with van der Waals surface area (Å²) in [6.07, 6.45) is 0. The molecule has 0 aliphatic carbocycles. The largest absolute Gasteiger partial charge is 0.497 e. The number of benzene rings is 2. The van der Waals surface area contributed by atoms with Gasteiger partial charge in [0.25, 0.3) is 0 Å². The molecule has 0 bridgehead atoms. The average molecular weight is 608 g/mol. The fourth-order valence-corrected chi connectivity index (χ4v) is 5.75. The summed E-state index contributed by atoms with van der Waals surface area (Å²) in [5, 5.41) is 6.03. The van der Waals surface area contributed by atoms with Crippen molar-refractivity contribution in [3.8, 4) is 28.5 Å². The van der Waals surface area contributed by atoms with E-state index in [1.165, 1.54) is 35.1 Å². The number of hydrogen-bond donors (Lipinski definition) is 1. The van der Waals surface area contributed by atoms with Gasteiger partial charge in [-0.25, -0.2) is 15.0 Å².